The van der Waals surface area contributed by atoms with E-state index in [0.717, 1.165) is 19.3 Å². The molecule has 1 aliphatic rings. The molecule has 0 aromatic heterocycles. The number of benzene rings is 1. The van der Waals surface area contributed by atoms with Gasteiger partial charge in [-0.2, -0.15) is 0 Å². The van der Waals surface area contributed by atoms with Gasteiger partial charge in [-0.05, 0) is 31.7 Å². The molecule has 2 N–H and O–H groups in total. The molecule has 2 rings (SSSR count). The molecule has 1 saturated heterocycles. The van der Waals surface area contributed by atoms with E-state index in [9.17, 15) is 9.90 Å². The van der Waals surface area contributed by atoms with Gasteiger partial charge in [0, 0.05) is 29.8 Å². The summed E-state index contributed by atoms with van der Waals surface area (Å²) in [6, 6.07) is 6.98. The first-order valence-electron chi connectivity index (χ1n) is 6.99. The number of carbonyl (C=O) groups excluding carboxylic acids is 1. The molecule has 110 valence electrons. The third-order valence-electron chi connectivity index (χ3n) is 3.79. The van der Waals surface area contributed by atoms with Crippen molar-refractivity contribution in [3.05, 3.63) is 34.9 Å². The minimum atomic E-state index is -1.21. The molecule has 0 spiro atoms. The van der Waals surface area contributed by atoms with Gasteiger partial charge in [0.15, 0.2) is 6.10 Å². The Kier molecular flexibility index (Phi) is 5.40. The molecule has 1 aliphatic heterocycles. The van der Waals surface area contributed by atoms with E-state index in [-0.39, 0.29) is 18.6 Å². The average molecular weight is 298 g/mol. The second kappa shape index (κ2) is 7.07. The highest BCUT2D eigenvalue weighted by Gasteiger charge is 2.33. The molecule has 1 fully saturated rings. The predicted octanol–water partition coefficient (Wildman–Crippen LogP) is 2.14. The Morgan fingerprint density at radius 2 is 2.20 bits per heavy atom. The molecule has 1 unspecified atom stereocenters. The van der Waals surface area contributed by atoms with Gasteiger partial charge in [-0.25, -0.2) is 0 Å². The number of amides is 1. The maximum atomic E-state index is 12.4. The first kappa shape index (κ1) is 15.3. The molecular formula is C15H20ClNO3. The van der Waals surface area contributed by atoms with Crippen LogP contribution < -0.4 is 0 Å². The van der Waals surface area contributed by atoms with Crippen LogP contribution in [0.4, 0.5) is 0 Å². The first-order chi connectivity index (χ1) is 9.65. The van der Waals surface area contributed by atoms with Crippen LogP contribution in [0.1, 0.15) is 37.4 Å². The fraction of sp³-hybridized carbons (Fsp3) is 0.533. The molecule has 1 aromatic carbocycles. The summed E-state index contributed by atoms with van der Waals surface area (Å²) < 4.78 is 0. The van der Waals surface area contributed by atoms with Crippen LogP contribution in [0.2, 0.25) is 5.02 Å². The predicted molar refractivity (Wildman–Crippen MR) is 77.5 cm³/mol. The summed E-state index contributed by atoms with van der Waals surface area (Å²) in [6.07, 6.45) is 2.12. The highest BCUT2D eigenvalue weighted by atomic mass is 35.5. The van der Waals surface area contributed by atoms with Gasteiger partial charge in [0.2, 0.25) is 0 Å². The number of nitrogens with zero attached hydrogens (tertiary/aromatic N) is 1. The molecule has 20 heavy (non-hydrogen) atoms. The van der Waals surface area contributed by atoms with E-state index in [4.69, 9.17) is 16.7 Å². The van der Waals surface area contributed by atoms with Crippen LogP contribution in [-0.4, -0.2) is 40.2 Å². The number of likely N-dealkylation sites (tertiary alicyclic amines) is 1. The van der Waals surface area contributed by atoms with Gasteiger partial charge >= 0.3 is 0 Å². The molecule has 1 aromatic rings. The third kappa shape index (κ3) is 3.32. The number of hydrogen-bond acceptors (Lipinski definition) is 3. The van der Waals surface area contributed by atoms with Gasteiger partial charge in [0.1, 0.15) is 0 Å². The molecule has 0 aliphatic carbocycles. The molecule has 5 heteroatoms. The third-order valence-corrected chi connectivity index (χ3v) is 4.13. The minimum Gasteiger partial charge on any atom is -0.396 e. The summed E-state index contributed by atoms with van der Waals surface area (Å²) >= 11 is 6.03. The molecule has 2 atom stereocenters. The smallest absolute Gasteiger partial charge is 0.256 e. The molecule has 0 saturated carbocycles. The van der Waals surface area contributed by atoms with Crippen LogP contribution in [-0.2, 0) is 4.79 Å². The minimum absolute atomic E-state index is 0.117. The zero-order valence-electron chi connectivity index (χ0n) is 11.3. The molecule has 1 heterocycles. The van der Waals surface area contributed by atoms with E-state index in [0.29, 0.717) is 23.6 Å². The standard InChI is InChI=1S/C15H20ClNO3/c16-13-8-2-1-7-12(13)14(19)15(20)17-9-3-5-11(17)6-4-10-18/h1-2,7-8,11,14,18-19H,3-6,9-10H2/t11?,14-/m1/s1. The largest absolute Gasteiger partial charge is 0.396 e. The lowest BCUT2D eigenvalue weighted by Crippen LogP contribution is -2.39. The Labute approximate surface area is 124 Å². The van der Waals surface area contributed by atoms with Crippen molar-refractivity contribution in [1.29, 1.82) is 0 Å². The lowest BCUT2D eigenvalue weighted by Gasteiger charge is -2.27. The molecule has 0 bridgehead atoms. The summed E-state index contributed by atoms with van der Waals surface area (Å²) in [5.74, 6) is -0.293. The van der Waals surface area contributed by atoms with Gasteiger partial charge in [-0.1, -0.05) is 29.8 Å². The van der Waals surface area contributed by atoms with Crippen molar-refractivity contribution >= 4 is 17.5 Å². The zero-order valence-corrected chi connectivity index (χ0v) is 12.1. The van der Waals surface area contributed by atoms with Gasteiger partial charge in [-0.3, -0.25) is 4.79 Å². The number of aliphatic hydroxyl groups is 2. The zero-order chi connectivity index (χ0) is 14.5. The Morgan fingerprint density at radius 3 is 2.90 bits per heavy atom. The van der Waals surface area contributed by atoms with Crippen molar-refractivity contribution < 1.29 is 15.0 Å². The molecular weight excluding hydrogens is 278 g/mol. The van der Waals surface area contributed by atoms with E-state index < -0.39 is 6.10 Å². The number of halogens is 1. The van der Waals surface area contributed by atoms with Crippen molar-refractivity contribution in [2.45, 2.75) is 37.8 Å². The fourth-order valence-corrected chi connectivity index (χ4v) is 2.98. The number of carbonyl (C=O) groups is 1. The highest BCUT2D eigenvalue weighted by Crippen LogP contribution is 2.28. The van der Waals surface area contributed by atoms with Crippen molar-refractivity contribution in [2.75, 3.05) is 13.2 Å². The summed E-state index contributed by atoms with van der Waals surface area (Å²) in [4.78, 5) is 14.2. The van der Waals surface area contributed by atoms with E-state index in [2.05, 4.69) is 0 Å². The van der Waals surface area contributed by atoms with Gasteiger partial charge in [0.05, 0.1) is 0 Å². The van der Waals surface area contributed by atoms with Crippen LogP contribution in [0.3, 0.4) is 0 Å². The highest BCUT2D eigenvalue weighted by molar-refractivity contribution is 6.31. The SMILES string of the molecule is O=C([C@H](O)c1ccccc1Cl)N1CCCC1CCCO. The number of hydrogen-bond donors (Lipinski definition) is 2. The summed E-state index contributed by atoms with van der Waals surface area (Å²) in [7, 11) is 0. The van der Waals surface area contributed by atoms with Crippen LogP contribution >= 0.6 is 11.6 Å². The lowest BCUT2D eigenvalue weighted by atomic mass is 10.1. The van der Waals surface area contributed by atoms with Crippen molar-refractivity contribution in [1.82, 2.24) is 4.90 Å². The first-order valence-corrected chi connectivity index (χ1v) is 7.36. The normalized spacial score (nSPS) is 20.1. The van der Waals surface area contributed by atoms with E-state index in [1.54, 1.807) is 29.2 Å². The van der Waals surface area contributed by atoms with Crippen LogP contribution in [0.25, 0.3) is 0 Å². The second-order valence-electron chi connectivity index (χ2n) is 5.12. The van der Waals surface area contributed by atoms with Crippen molar-refractivity contribution in [2.24, 2.45) is 0 Å². The van der Waals surface area contributed by atoms with Crippen LogP contribution in [0, 0.1) is 0 Å². The Balaban J connectivity index is 2.08. The number of aliphatic hydroxyl groups excluding tert-OH is 2. The average Bonchev–Trinajstić information content (AvgIpc) is 2.92. The summed E-state index contributed by atoms with van der Waals surface area (Å²) in [5, 5.41) is 19.6. The van der Waals surface area contributed by atoms with Crippen LogP contribution in [0.5, 0.6) is 0 Å². The Bertz CT molecular complexity index is 466. The number of rotatable bonds is 5. The van der Waals surface area contributed by atoms with Crippen LogP contribution in [0.15, 0.2) is 24.3 Å². The van der Waals surface area contributed by atoms with Gasteiger partial charge < -0.3 is 15.1 Å². The summed E-state index contributed by atoms with van der Waals surface area (Å²) in [6.45, 7) is 0.794. The topological polar surface area (TPSA) is 60.8 Å². The molecule has 0 radical (unpaired) electrons. The Morgan fingerprint density at radius 1 is 1.45 bits per heavy atom. The fourth-order valence-electron chi connectivity index (χ4n) is 2.74. The van der Waals surface area contributed by atoms with Gasteiger partial charge in [-0.15, -0.1) is 0 Å². The molecule has 1 amide bonds. The van der Waals surface area contributed by atoms with E-state index in [1.807, 2.05) is 0 Å². The quantitative estimate of drug-likeness (QED) is 0.875. The van der Waals surface area contributed by atoms with E-state index in [1.165, 1.54) is 0 Å². The molecule has 4 nitrogen and oxygen atoms in total. The lowest BCUT2D eigenvalue weighted by molar-refractivity contribution is -0.141. The maximum Gasteiger partial charge on any atom is 0.256 e. The van der Waals surface area contributed by atoms with Crippen molar-refractivity contribution in [3.8, 4) is 0 Å². The monoisotopic (exact) mass is 297 g/mol. The maximum absolute atomic E-state index is 12.4. The van der Waals surface area contributed by atoms with Crippen molar-refractivity contribution in [3.63, 3.8) is 0 Å². The summed E-state index contributed by atoms with van der Waals surface area (Å²) in [5.41, 5.74) is 0.451. The van der Waals surface area contributed by atoms with Gasteiger partial charge in [0.25, 0.3) is 5.91 Å². The second-order valence-corrected chi connectivity index (χ2v) is 5.52. The van der Waals surface area contributed by atoms with E-state index >= 15 is 0 Å². The Hall–Kier alpha value is -1.10.